The van der Waals surface area contributed by atoms with Crippen molar-refractivity contribution in [2.45, 2.75) is 39.0 Å². The summed E-state index contributed by atoms with van der Waals surface area (Å²) in [4.78, 5) is 22.6. The molecule has 3 heterocycles. The second-order valence-corrected chi connectivity index (χ2v) is 8.74. The second-order valence-electron chi connectivity index (χ2n) is 7.42. The molecule has 6 nitrogen and oxygen atoms in total. The van der Waals surface area contributed by atoms with Crippen molar-refractivity contribution in [1.29, 1.82) is 0 Å². The molecule has 3 aromatic rings. The van der Waals surface area contributed by atoms with Crippen LogP contribution in [0.5, 0.6) is 5.88 Å². The fraction of sp³-hybridized carbons (Fsp3) is 0.429. The fourth-order valence-electron chi connectivity index (χ4n) is 3.41. The third-order valence-corrected chi connectivity index (χ3v) is 6.02. The number of hydrogen-bond donors (Lipinski definition) is 0. The predicted octanol–water partition coefficient (Wildman–Crippen LogP) is 3.22. The lowest BCUT2D eigenvalue weighted by molar-refractivity contribution is 0.277. The van der Waals surface area contributed by atoms with Gasteiger partial charge in [-0.05, 0) is 38.8 Å². The summed E-state index contributed by atoms with van der Waals surface area (Å²) >= 11 is 1.67. The van der Waals surface area contributed by atoms with E-state index in [1.165, 1.54) is 9.56 Å². The maximum absolute atomic E-state index is 12.4. The summed E-state index contributed by atoms with van der Waals surface area (Å²) in [7, 11) is 1.67. The minimum Gasteiger partial charge on any atom is -0.476 e. The molecule has 0 amide bonds. The fourth-order valence-corrected chi connectivity index (χ4v) is 4.19. The van der Waals surface area contributed by atoms with Crippen LogP contribution < -0.4 is 10.3 Å². The van der Waals surface area contributed by atoms with Crippen LogP contribution >= 0.6 is 11.3 Å². The summed E-state index contributed by atoms with van der Waals surface area (Å²) in [6.07, 6.45) is 4.34. The number of thiazole rings is 1. The van der Waals surface area contributed by atoms with Crippen LogP contribution in [0.2, 0.25) is 0 Å². The van der Waals surface area contributed by atoms with Crippen molar-refractivity contribution >= 4 is 11.3 Å². The van der Waals surface area contributed by atoms with E-state index in [1.807, 2.05) is 26.1 Å². The van der Waals surface area contributed by atoms with Gasteiger partial charge in [0.1, 0.15) is 0 Å². The molecule has 1 aliphatic rings. The van der Waals surface area contributed by atoms with Crippen LogP contribution in [0.1, 0.15) is 39.2 Å². The van der Waals surface area contributed by atoms with Crippen LogP contribution in [0, 0.1) is 19.8 Å². The molecule has 1 aliphatic carbocycles. The molecule has 28 heavy (non-hydrogen) atoms. The van der Waals surface area contributed by atoms with Gasteiger partial charge < -0.3 is 4.74 Å². The molecule has 0 saturated heterocycles. The van der Waals surface area contributed by atoms with Gasteiger partial charge in [0.05, 0.1) is 11.6 Å². The van der Waals surface area contributed by atoms with Gasteiger partial charge in [-0.15, -0.1) is 16.4 Å². The number of aromatic nitrogens is 4. The molecule has 7 heteroatoms. The van der Waals surface area contributed by atoms with Crippen LogP contribution in [-0.4, -0.2) is 26.4 Å². The van der Waals surface area contributed by atoms with Gasteiger partial charge in [-0.2, -0.15) is 0 Å². The molecule has 0 aromatic carbocycles. The highest BCUT2D eigenvalue weighted by atomic mass is 32.1. The maximum atomic E-state index is 12.4. The molecule has 0 spiro atoms. The molecule has 1 fully saturated rings. The van der Waals surface area contributed by atoms with Crippen molar-refractivity contribution in [3.8, 4) is 5.88 Å². The number of ether oxygens (including phenoxy) is 1. The summed E-state index contributed by atoms with van der Waals surface area (Å²) in [5.74, 6) is 1.42. The highest BCUT2D eigenvalue weighted by molar-refractivity contribution is 7.11. The average molecular weight is 397 g/mol. The van der Waals surface area contributed by atoms with Crippen molar-refractivity contribution in [3.05, 3.63) is 67.7 Å². The third-order valence-electron chi connectivity index (χ3n) is 5.05. The molecule has 0 N–H and O–H groups in total. The number of rotatable bonds is 7. The minimum atomic E-state index is -0.0751. The van der Waals surface area contributed by atoms with Crippen molar-refractivity contribution in [2.24, 2.45) is 13.0 Å². The first-order valence-electron chi connectivity index (χ1n) is 9.54. The molecule has 4 rings (SSSR count). The van der Waals surface area contributed by atoms with E-state index >= 15 is 0 Å². The first-order chi connectivity index (χ1) is 13.5. The Morgan fingerprint density at radius 3 is 2.89 bits per heavy atom. The lowest BCUT2D eigenvalue weighted by Crippen LogP contribution is -2.24. The van der Waals surface area contributed by atoms with E-state index in [2.05, 4.69) is 27.2 Å². The Kier molecular flexibility index (Phi) is 5.26. The molecule has 2 atom stereocenters. The first kappa shape index (κ1) is 18.8. The molecule has 0 radical (unpaired) electrons. The van der Waals surface area contributed by atoms with Crippen molar-refractivity contribution in [2.75, 3.05) is 6.61 Å². The van der Waals surface area contributed by atoms with Crippen LogP contribution in [0.4, 0.5) is 0 Å². The maximum Gasteiger partial charge on any atom is 0.269 e. The normalized spacial score (nSPS) is 18.2. The molecule has 146 valence electrons. The van der Waals surface area contributed by atoms with Crippen LogP contribution in [0.3, 0.4) is 0 Å². The Hall–Kier alpha value is -2.54. The SMILES string of the molecule is Cc1cccc([C@H]2C[C@@H]2COc2cc(CCc3ncc(C)s3)c(=O)n(C)n2)n1. The Morgan fingerprint density at radius 1 is 1.29 bits per heavy atom. The largest absolute Gasteiger partial charge is 0.476 e. The standard InChI is InChI=1S/C21H24N4O2S/c1-13-5-4-6-18(23-13)17-9-16(17)12-27-19-10-15(21(26)25(3)24-19)7-8-20-22-11-14(2)28-20/h4-6,10-11,16-17H,7-9,12H2,1-3H3/t16-,17+/m1/s1. The molecular formula is C21H24N4O2S. The van der Waals surface area contributed by atoms with E-state index in [0.717, 1.165) is 29.2 Å². The van der Waals surface area contributed by atoms with Gasteiger partial charge in [-0.1, -0.05) is 6.07 Å². The van der Waals surface area contributed by atoms with E-state index in [-0.39, 0.29) is 5.56 Å². The summed E-state index contributed by atoms with van der Waals surface area (Å²) in [5, 5.41) is 5.30. The zero-order chi connectivity index (χ0) is 19.7. The topological polar surface area (TPSA) is 69.9 Å². The van der Waals surface area contributed by atoms with Crippen LogP contribution in [-0.2, 0) is 19.9 Å². The number of pyridine rings is 1. The molecule has 0 unspecified atom stereocenters. The van der Waals surface area contributed by atoms with Crippen molar-refractivity contribution in [1.82, 2.24) is 19.7 Å². The van der Waals surface area contributed by atoms with Gasteiger partial charge in [0.15, 0.2) is 0 Å². The van der Waals surface area contributed by atoms with E-state index in [1.54, 1.807) is 24.5 Å². The summed E-state index contributed by atoms with van der Waals surface area (Å²) < 4.78 is 7.30. The molecular weight excluding hydrogens is 372 g/mol. The Balaban J connectivity index is 1.38. The second kappa shape index (κ2) is 7.83. The zero-order valence-corrected chi connectivity index (χ0v) is 17.2. The van der Waals surface area contributed by atoms with Crippen LogP contribution in [0.25, 0.3) is 0 Å². The average Bonchev–Trinajstić information content (AvgIpc) is 3.34. The molecule has 0 aliphatic heterocycles. The van der Waals surface area contributed by atoms with Gasteiger partial charge in [-0.3, -0.25) is 9.78 Å². The van der Waals surface area contributed by atoms with E-state index in [0.29, 0.717) is 36.3 Å². The predicted molar refractivity (Wildman–Crippen MR) is 109 cm³/mol. The summed E-state index contributed by atoms with van der Waals surface area (Å²) in [6.45, 7) is 4.65. The lowest BCUT2D eigenvalue weighted by Gasteiger charge is -2.09. The first-order valence-corrected chi connectivity index (χ1v) is 10.4. The van der Waals surface area contributed by atoms with Crippen molar-refractivity contribution < 1.29 is 4.74 Å². The number of aryl methyl sites for hydroxylation is 5. The Bertz CT molecular complexity index is 1040. The molecule has 0 bridgehead atoms. The number of nitrogens with zero attached hydrogens (tertiary/aromatic N) is 4. The monoisotopic (exact) mass is 396 g/mol. The number of hydrogen-bond acceptors (Lipinski definition) is 6. The highest BCUT2D eigenvalue weighted by Crippen LogP contribution is 2.46. The van der Waals surface area contributed by atoms with Gasteiger partial charge in [-0.25, -0.2) is 9.67 Å². The van der Waals surface area contributed by atoms with Crippen molar-refractivity contribution in [3.63, 3.8) is 0 Å². The van der Waals surface area contributed by atoms with E-state index in [9.17, 15) is 4.79 Å². The molecule has 3 aromatic heterocycles. The van der Waals surface area contributed by atoms with E-state index < -0.39 is 0 Å². The van der Waals surface area contributed by atoms with Crippen LogP contribution in [0.15, 0.2) is 35.3 Å². The lowest BCUT2D eigenvalue weighted by atomic mass is 10.2. The zero-order valence-electron chi connectivity index (χ0n) is 16.4. The summed E-state index contributed by atoms with van der Waals surface area (Å²) in [5.41, 5.74) is 2.83. The van der Waals surface area contributed by atoms with Gasteiger partial charge in [0.2, 0.25) is 5.88 Å². The smallest absolute Gasteiger partial charge is 0.269 e. The Labute approximate surface area is 168 Å². The van der Waals surface area contributed by atoms with Gasteiger partial charge in [0, 0.05) is 59.4 Å². The quantitative estimate of drug-likeness (QED) is 0.613. The minimum absolute atomic E-state index is 0.0751. The Morgan fingerprint density at radius 2 is 2.14 bits per heavy atom. The highest BCUT2D eigenvalue weighted by Gasteiger charge is 2.40. The van der Waals surface area contributed by atoms with E-state index in [4.69, 9.17) is 4.74 Å². The third kappa shape index (κ3) is 4.30. The summed E-state index contributed by atoms with van der Waals surface area (Å²) in [6, 6.07) is 7.94. The molecule has 1 saturated carbocycles. The van der Waals surface area contributed by atoms with Gasteiger partial charge in [0.25, 0.3) is 5.56 Å². The van der Waals surface area contributed by atoms with Gasteiger partial charge >= 0.3 is 0 Å².